The predicted octanol–water partition coefficient (Wildman–Crippen LogP) is 3.94. The molecule has 0 atom stereocenters. The maximum Gasteiger partial charge on any atom is 0.337 e. The van der Waals surface area contributed by atoms with Crippen molar-refractivity contribution in [3.63, 3.8) is 0 Å². The van der Waals surface area contributed by atoms with Crippen molar-refractivity contribution in [3.05, 3.63) is 63.5 Å². The van der Waals surface area contributed by atoms with Crippen molar-refractivity contribution in [1.29, 1.82) is 0 Å². The normalized spacial score (nSPS) is 15.6. The lowest BCUT2D eigenvalue weighted by Gasteiger charge is -2.21. The summed E-state index contributed by atoms with van der Waals surface area (Å²) in [6.45, 7) is 0. The lowest BCUT2D eigenvalue weighted by molar-refractivity contribution is -0.609. The molecule has 5 nitrogen and oxygen atoms in total. The Labute approximate surface area is 129 Å². The van der Waals surface area contributed by atoms with Gasteiger partial charge in [-0.25, -0.2) is 0 Å². The van der Waals surface area contributed by atoms with E-state index in [4.69, 9.17) is 0 Å². The number of rotatable bonds is 3. The third-order valence-electron chi connectivity index (χ3n) is 4.36. The zero-order chi connectivity index (χ0) is 15.5. The first-order chi connectivity index (χ1) is 10.7. The van der Waals surface area contributed by atoms with Crippen molar-refractivity contribution in [3.8, 4) is 11.3 Å². The molecule has 0 unspecified atom stereocenters. The van der Waals surface area contributed by atoms with Crippen LogP contribution in [0.5, 0.6) is 0 Å². The van der Waals surface area contributed by atoms with Crippen LogP contribution >= 0.6 is 0 Å². The molecule has 1 saturated carbocycles. The molecular weight excluding hydrogens is 280 g/mol. The van der Waals surface area contributed by atoms with Crippen LogP contribution in [-0.2, 0) is 0 Å². The van der Waals surface area contributed by atoms with E-state index in [0.29, 0.717) is 11.4 Å². The Morgan fingerprint density at radius 1 is 1.00 bits per heavy atom. The lowest BCUT2D eigenvalue weighted by Crippen LogP contribution is -2.37. The standard InChI is InChI=1S/C17H18N2O3/c20-18-15(13-7-3-1-4-8-13)11-12-16(19(21)22)17(18)14-9-5-2-6-10-14/h1,3-4,7-8,11-12,14H,2,5-6,9-10H2. The highest BCUT2D eigenvalue weighted by Crippen LogP contribution is 2.36. The largest absolute Gasteiger partial charge is 0.618 e. The Morgan fingerprint density at radius 2 is 1.68 bits per heavy atom. The number of aromatic nitrogens is 1. The monoisotopic (exact) mass is 298 g/mol. The number of hydrogen-bond acceptors (Lipinski definition) is 3. The van der Waals surface area contributed by atoms with Crippen LogP contribution in [0.3, 0.4) is 0 Å². The molecule has 2 aromatic rings. The maximum absolute atomic E-state index is 12.8. The molecule has 5 heteroatoms. The number of nitro groups is 1. The predicted molar refractivity (Wildman–Crippen MR) is 83.3 cm³/mol. The summed E-state index contributed by atoms with van der Waals surface area (Å²) < 4.78 is 0.781. The van der Waals surface area contributed by atoms with Crippen molar-refractivity contribution in [1.82, 2.24) is 0 Å². The molecule has 114 valence electrons. The van der Waals surface area contributed by atoms with Crippen LogP contribution in [-0.4, -0.2) is 4.92 Å². The van der Waals surface area contributed by atoms with Gasteiger partial charge >= 0.3 is 5.69 Å². The summed E-state index contributed by atoms with van der Waals surface area (Å²) in [7, 11) is 0. The fraction of sp³-hybridized carbons (Fsp3) is 0.353. The van der Waals surface area contributed by atoms with Crippen LogP contribution in [0, 0.1) is 15.3 Å². The molecule has 1 heterocycles. The summed E-state index contributed by atoms with van der Waals surface area (Å²) in [6.07, 6.45) is 4.89. The Morgan fingerprint density at radius 3 is 2.32 bits per heavy atom. The number of nitrogens with zero attached hydrogens (tertiary/aromatic N) is 2. The summed E-state index contributed by atoms with van der Waals surface area (Å²) >= 11 is 0. The number of hydrogen-bond donors (Lipinski definition) is 0. The fourth-order valence-electron chi connectivity index (χ4n) is 3.27. The van der Waals surface area contributed by atoms with E-state index in [0.717, 1.165) is 42.4 Å². The average Bonchev–Trinajstić information content (AvgIpc) is 2.56. The van der Waals surface area contributed by atoms with Crippen molar-refractivity contribution in [2.45, 2.75) is 38.0 Å². The highest BCUT2D eigenvalue weighted by Gasteiger charge is 2.33. The van der Waals surface area contributed by atoms with Gasteiger partial charge in [0, 0.05) is 17.7 Å². The van der Waals surface area contributed by atoms with E-state index in [9.17, 15) is 15.3 Å². The van der Waals surface area contributed by atoms with Crippen molar-refractivity contribution in [2.75, 3.05) is 0 Å². The van der Waals surface area contributed by atoms with Crippen LogP contribution < -0.4 is 4.73 Å². The second kappa shape index (κ2) is 6.13. The maximum atomic E-state index is 12.8. The van der Waals surface area contributed by atoms with Gasteiger partial charge in [-0.05, 0) is 25.0 Å². The molecule has 0 amide bonds. The Bertz CT molecular complexity index is 680. The summed E-state index contributed by atoms with van der Waals surface area (Å²) in [5, 5.41) is 24.1. The van der Waals surface area contributed by atoms with Crippen molar-refractivity contribution < 1.29 is 9.65 Å². The number of pyridine rings is 1. The van der Waals surface area contributed by atoms with Gasteiger partial charge in [-0.15, -0.1) is 0 Å². The molecule has 0 aliphatic heterocycles. The zero-order valence-electron chi connectivity index (χ0n) is 12.3. The molecule has 1 fully saturated rings. The Hall–Kier alpha value is -2.43. The van der Waals surface area contributed by atoms with Gasteiger partial charge in [0.2, 0.25) is 5.69 Å². The van der Waals surface area contributed by atoms with E-state index in [1.165, 1.54) is 6.07 Å². The van der Waals surface area contributed by atoms with Gasteiger partial charge in [-0.3, -0.25) is 10.1 Å². The quantitative estimate of drug-likeness (QED) is 0.373. The summed E-state index contributed by atoms with van der Waals surface area (Å²) in [5.74, 6) is -0.0182. The van der Waals surface area contributed by atoms with Crippen LogP contribution in [0.25, 0.3) is 11.3 Å². The van der Waals surface area contributed by atoms with E-state index in [2.05, 4.69) is 0 Å². The third kappa shape index (κ3) is 2.66. The van der Waals surface area contributed by atoms with E-state index in [1.807, 2.05) is 30.3 Å². The first-order valence-corrected chi connectivity index (χ1v) is 7.65. The molecular formula is C17H18N2O3. The SMILES string of the molecule is O=[N+]([O-])c1ccc(-c2ccccc2)[n+]([O-])c1C1CCCCC1. The average molecular weight is 298 g/mol. The van der Waals surface area contributed by atoms with Crippen molar-refractivity contribution in [2.24, 2.45) is 0 Å². The van der Waals surface area contributed by atoms with Gasteiger partial charge in [0.05, 0.1) is 10.8 Å². The minimum atomic E-state index is -0.437. The second-order valence-electron chi connectivity index (χ2n) is 5.74. The minimum Gasteiger partial charge on any atom is -0.618 e. The summed E-state index contributed by atoms with van der Waals surface area (Å²) in [6, 6.07) is 12.3. The molecule has 1 aromatic carbocycles. The third-order valence-corrected chi connectivity index (χ3v) is 4.36. The van der Waals surface area contributed by atoms with E-state index < -0.39 is 4.92 Å². The molecule has 1 aromatic heterocycles. The minimum absolute atomic E-state index is 0.0182. The molecule has 22 heavy (non-hydrogen) atoms. The van der Waals surface area contributed by atoms with Gasteiger partial charge < -0.3 is 5.21 Å². The van der Waals surface area contributed by atoms with Gasteiger partial charge in [0.15, 0.2) is 0 Å². The van der Waals surface area contributed by atoms with Crippen LogP contribution in [0.15, 0.2) is 42.5 Å². The summed E-state index contributed by atoms with van der Waals surface area (Å²) in [4.78, 5) is 10.9. The lowest BCUT2D eigenvalue weighted by atomic mass is 9.85. The summed E-state index contributed by atoms with van der Waals surface area (Å²) in [5.41, 5.74) is 1.53. The van der Waals surface area contributed by atoms with E-state index in [-0.39, 0.29) is 11.6 Å². The molecule has 0 radical (unpaired) electrons. The first kappa shape index (κ1) is 14.5. The molecule has 0 spiro atoms. The van der Waals surface area contributed by atoms with Gasteiger partial charge in [-0.2, -0.15) is 4.73 Å². The molecule has 3 rings (SSSR count). The highest BCUT2D eigenvalue weighted by atomic mass is 16.6. The Balaban J connectivity index is 2.13. The van der Waals surface area contributed by atoms with E-state index >= 15 is 0 Å². The van der Waals surface area contributed by atoms with E-state index in [1.54, 1.807) is 6.07 Å². The van der Waals surface area contributed by atoms with Gasteiger partial charge in [-0.1, -0.05) is 37.5 Å². The van der Waals surface area contributed by atoms with Gasteiger partial charge in [0.1, 0.15) is 0 Å². The molecule has 0 saturated heterocycles. The molecule has 1 aliphatic rings. The molecule has 1 aliphatic carbocycles. The van der Waals surface area contributed by atoms with Crippen LogP contribution in [0.4, 0.5) is 5.69 Å². The van der Waals surface area contributed by atoms with Crippen LogP contribution in [0.2, 0.25) is 0 Å². The fourth-order valence-corrected chi connectivity index (χ4v) is 3.27. The zero-order valence-corrected chi connectivity index (χ0v) is 12.3. The molecule has 0 N–H and O–H groups in total. The van der Waals surface area contributed by atoms with Crippen molar-refractivity contribution >= 4 is 5.69 Å². The van der Waals surface area contributed by atoms with Gasteiger partial charge in [0.25, 0.3) is 5.69 Å². The topological polar surface area (TPSA) is 70.1 Å². The smallest absolute Gasteiger partial charge is 0.337 e. The van der Waals surface area contributed by atoms with Crippen LogP contribution in [0.1, 0.15) is 43.7 Å². The highest BCUT2D eigenvalue weighted by molar-refractivity contribution is 5.57. The number of benzene rings is 1. The first-order valence-electron chi connectivity index (χ1n) is 7.65. The second-order valence-corrected chi connectivity index (χ2v) is 5.74. The Kier molecular flexibility index (Phi) is 4.04. The molecule has 0 bridgehead atoms.